The van der Waals surface area contributed by atoms with Gasteiger partial charge in [-0.2, -0.15) is 0 Å². The largest absolute Gasteiger partial charge is 0.493 e. The molecular formula is C25H32O8S. The van der Waals surface area contributed by atoms with Gasteiger partial charge in [0, 0.05) is 5.92 Å². The molecule has 186 valence electrons. The highest BCUT2D eigenvalue weighted by molar-refractivity contribution is 7.91. The van der Waals surface area contributed by atoms with Gasteiger partial charge in [0.2, 0.25) is 0 Å². The van der Waals surface area contributed by atoms with Crippen LogP contribution in [0.4, 0.5) is 0 Å². The summed E-state index contributed by atoms with van der Waals surface area (Å²) in [7, 11) is -0.987. The van der Waals surface area contributed by atoms with Gasteiger partial charge >= 0.3 is 5.97 Å². The van der Waals surface area contributed by atoms with Gasteiger partial charge in [-0.3, -0.25) is 4.79 Å². The highest BCUT2D eigenvalue weighted by Crippen LogP contribution is 2.44. The molecule has 1 aliphatic rings. The maximum absolute atomic E-state index is 14.1. The Morgan fingerprint density at radius 3 is 2.32 bits per heavy atom. The van der Waals surface area contributed by atoms with Crippen LogP contribution in [0.5, 0.6) is 11.5 Å². The van der Waals surface area contributed by atoms with Crippen molar-refractivity contribution < 1.29 is 36.9 Å². The summed E-state index contributed by atoms with van der Waals surface area (Å²) >= 11 is 0. The molecule has 0 bridgehead atoms. The van der Waals surface area contributed by atoms with Crippen molar-refractivity contribution in [1.29, 1.82) is 0 Å². The molecule has 3 atom stereocenters. The topological polar surface area (TPSA) is 97.4 Å². The van der Waals surface area contributed by atoms with E-state index in [2.05, 4.69) is 0 Å². The molecule has 0 unspecified atom stereocenters. The van der Waals surface area contributed by atoms with Crippen molar-refractivity contribution in [3.8, 4) is 11.5 Å². The fourth-order valence-electron chi connectivity index (χ4n) is 4.22. The summed E-state index contributed by atoms with van der Waals surface area (Å²) in [5, 5.41) is -1.14. The lowest BCUT2D eigenvalue weighted by atomic mass is 9.90. The Balaban J connectivity index is 2.19. The first-order valence-corrected chi connectivity index (χ1v) is 12.7. The molecule has 2 aromatic rings. The number of esters is 1. The zero-order valence-corrected chi connectivity index (χ0v) is 21.0. The first-order chi connectivity index (χ1) is 16.1. The Bertz CT molecular complexity index is 1080. The van der Waals surface area contributed by atoms with E-state index in [1.165, 1.54) is 14.2 Å². The van der Waals surface area contributed by atoms with Gasteiger partial charge in [0.15, 0.2) is 27.1 Å². The van der Waals surface area contributed by atoms with Crippen molar-refractivity contribution in [3.05, 3.63) is 54.1 Å². The molecule has 8 nitrogen and oxygen atoms in total. The van der Waals surface area contributed by atoms with Gasteiger partial charge in [-0.05, 0) is 50.6 Å². The minimum atomic E-state index is -3.97. The molecule has 0 saturated carbocycles. The number of ether oxygens (including phenoxy) is 5. The molecule has 9 heteroatoms. The van der Waals surface area contributed by atoms with Crippen LogP contribution >= 0.6 is 0 Å². The van der Waals surface area contributed by atoms with Crippen molar-refractivity contribution in [2.75, 3.05) is 27.4 Å². The highest BCUT2D eigenvalue weighted by atomic mass is 32.2. The van der Waals surface area contributed by atoms with E-state index < -0.39 is 38.9 Å². The second-order valence-electron chi connectivity index (χ2n) is 8.43. The SMILES string of the molecule is CCOC(=O)C[C@H]([C@@H](c1ccc(OC)c(OC)c1)S(=O)(=O)c1ccccc1)[C@H]1COC(C)(C)O1. The third kappa shape index (κ3) is 5.71. The summed E-state index contributed by atoms with van der Waals surface area (Å²) in [6.07, 6.45) is -0.820. The Labute approximate surface area is 201 Å². The van der Waals surface area contributed by atoms with Crippen LogP contribution in [0, 0.1) is 5.92 Å². The average molecular weight is 493 g/mol. The van der Waals surface area contributed by atoms with E-state index in [1.807, 2.05) is 0 Å². The Kier molecular flexibility index (Phi) is 8.22. The number of hydrogen-bond donors (Lipinski definition) is 0. The fourth-order valence-corrected chi connectivity index (χ4v) is 6.28. The molecule has 1 heterocycles. The lowest BCUT2D eigenvalue weighted by molar-refractivity contribution is -0.153. The summed E-state index contributed by atoms with van der Waals surface area (Å²) in [6, 6.07) is 13.1. The molecule has 0 radical (unpaired) electrons. The molecule has 3 rings (SSSR count). The van der Waals surface area contributed by atoms with Gasteiger partial charge < -0.3 is 23.7 Å². The number of carbonyl (C=O) groups is 1. The van der Waals surface area contributed by atoms with Gasteiger partial charge in [-0.1, -0.05) is 24.3 Å². The summed E-state index contributed by atoms with van der Waals surface area (Å²) in [5.74, 6) is -1.35. The normalized spacial score (nSPS) is 19.3. The van der Waals surface area contributed by atoms with E-state index in [0.717, 1.165) is 0 Å². The molecule has 34 heavy (non-hydrogen) atoms. The molecule has 2 aromatic carbocycles. The third-order valence-electron chi connectivity index (χ3n) is 5.75. The second-order valence-corrected chi connectivity index (χ2v) is 10.5. The summed E-state index contributed by atoms with van der Waals surface area (Å²) in [5.41, 5.74) is 0.448. The van der Waals surface area contributed by atoms with E-state index in [-0.39, 0.29) is 24.5 Å². The molecule has 1 saturated heterocycles. The van der Waals surface area contributed by atoms with Crippen molar-refractivity contribution in [2.45, 2.75) is 49.2 Å². The zero-order valence-electron chi connectivity index (χ0n) is 20.1. The van der Waals surface area contributed by atoms with Crippen LogP contribution in [0.15, 0.2) is 53.4 Å². The standard InChI is InChI=1S/C25H32O8S/c1-6-31-23(26)15-19(22-16-32-25(2,3)33-22)24(34(27,28)18-10-8-7-9-11-18)17-12-13-20(29-4)21(14-17)30-5/h7-14,19,22,24H,6,15-16H2,1-5H3/t19-,22+,24+/m0/s1. The predicted octanol–water partition coefficient (Wildman–Crippen LogP) is 3.94. The molecule has 1 aliphatic heterocycles. The smallest absolute Gasteiger partial charge is 0.306 e. The van der Waals surface area contributed by atoms with Crippen LogP contribution < -0.4 is 9.47 Å². The van der Waals surface area contributed by atoms with Gasteiger partial charge in [-0.25, -0.2) is 8.42 Å². The second kappa shape index (κ2) is 10.8. The lowest BCUT2D eigenvalue weighted by Crippen LogP contribution is -2.36. The van der Waals surface area contributed by atoms with E-state index >= 15 is 0 Å². The van der Waals surface area contributed by atoms with Crippen LogP contribution in [0.1, 0.15) is 38.0 Å². The van der Waals surface area contributed by atoms with Crippen LogP contribution in [0.25, 0.3) is 0 Å². The minimum absolute atomic E-state index is 0.141. The Morgan fingerprint density at radius 2 is 1.76 bits per heavy atom. The van der Waals surface area contributed by atoms with Gasteiger partial charge in [0.05, 0.1) is 50.1 Å². The summed E-state index contributed by atoms with van der Waals surface area (Å²) in [4.78, 5) is 12.8. The molecule has 0 amide bonds. The lowest BCUT2D eigenvalue weighted by Gasteiger charge is -2.31. The molecular weight excluding hydrogens is 460 g/mol. The molecule has 0 aliphatic carbocycles. The molecule has 0 aromatic heterocycles. The van der Waals surface area contributed by atoms with E-state index in [4.69, 9.17) is 23.7 Å². The quantitative estimate of drug-likeness (QED) is 0.460. The summed E-state index contributed by atoms with van der Waals surface area (Å²) in [6.45, 7) is 5.55. The molecule has 0 spiro atoms. The van der Waals surface area contributed by atoms with Gasteiger partial charge in [0.25, 0.3) is 0 Å². The average Bonchev–Trinajstić information content (AvgIpc) is 3.18. The number of carbonyl (C=O) groups excluding carboxylic acids is 1. The molecule has 1 fully saturated rings. The number of methoxy groups -OCH3 is 2. The van der Waals surface area contributed by atoms with Gasteiger partial charge in [-0.15, -0.1) is 0 Å². The summed E-state index contributed by atoms with van der Waals surface area (Å²) < 4.78 is 55.9. The van der Waals surface area contributed by atoms with E-state index in [1.54, 1.807) is 69.3 Å². The minimum Gasteiger partial charge on any atom is -0.493 e. The van der Waals surface area contributed by atoms with Crippen LogP contribution in [-0.2, 0) is 28.8 Å². The predicted molar refractivity (Wildman–Crippen MR) is 126 cm³/mol. The van der Waals surface area contributed by atoms with Gasteiger partial charge in [0.1, 0.15) is 0 Å². The first kappa shape index (κ1) is 26.0. The number of rotatable bonds is 10. The number of hydrogen-bond acceptors (Lipinski definition) is 8. The van der Waals surface area contributed by atoms with Crippen molar-refractivity contribution in [2.24, 2.45) is 5.92 Å². The first-order valence-electron chi connectivity index (χ1n) is 11.1. The van der Waals surface area contributed by atoms with E-state index in [9.17, 15) is 13.2 Å². The fraction of sp³-hybridized carbons (Fsp3) is 0.480. The van der Waals surface area contributed by atoms with E-state index in [0.29, 0.717) is 17.1 Å². The zero-order chi connectivity index (χ0) is 24.9. The molecule has 0 N–H and O–H groups in total. The van der Waals surface area contributed by atoms with Crippen molar-refractivity contribution >= 4 is 15.8 Å². The maximum Gasteiger partial charge on any atom is 0.306 e. The van der Waals surface area contributed by atoms with Crippen LogP contribution in [0.3, 0.4) is 0 Å². The third-order valence-corrected chi connectivity index (χ3v) is 7.97. The number of benzene rings is 2. The maximum atomic E-state index is 14.1. The van der Waals surface area contributed by atoms with Crippen molar-refractivity contribution in [1.82, 2.24) is 0 Å². The van der Waals surface area contributed by atoms with Crippen LogP contribution in [-0.4, -0.2) is 53.7 Å². The van der Waals surface area contributed by atoms with Crippen molar-refractivity contribution in [3.63, 3.8) is 0 Å². The monoisotopic (exact) mass is 492 g/mol. The Hall–Kier alpha value is -2.62. The Morgan fingerprint density at radius 1 is 1.09 bits per heavy atom. The number of sulfone groups is 1. The van der Waals surface area contributed by atoms with Crippen LogP contribution in [0.2, 0.25) is 0 Å². The highest BCUT2D eigenvalue weighted by Gasteiger charge is 2.47.